The summed E-state index contributed by atoms with van der Waals surface area (Å²) in [6, 6.07) is 8.77. The van der Waals surface area contributed by atoms with E-state index in [0.29, 0.717) is 24.4 Å². The molecule has 14 heteroatoms. The van der Waals surface area contributed by atoms with E-state index in [0.717, 1.165) is 35.9 Å². The summed E-state index contributed by atoms with van der Waals surface area (Å²) in [7, 11) is -7.52. The second-order valence-corrected chi connectivity index (χ2v) is 13.1. The van der Waals surface area contributed by atoms with Crippen LogP contribution in [0.1, 0.15) is 38.2 Å². The fourth-order valence-electron chi connectivity index (χ4n) is 4.41. The first-order valence-electron chi connectivity index (χ1n) is 12.6. The smallest absolute Gasteiger partial charge is 0.271 e. The average Bonchev–Trinajstić information content (AvgIpc) is 2.90. The van der Waals surface area contributed by atoms with Crippen LogP contribution in [-0.2, 0) is 24.8 Å². The van der Waals surface area contributed by atoms with Crippen LogP contribution in [0, 0.1) is 17.0 Å². The van der Waals surface area contributed by atoms with Crippen LogP contribution >= 0.6 is 0 Å². The number of nitrogens with zero attached hydrogens (tertiary/aromatic N) is 3. The predicted octanol–water partition coefficient (Wildman–Crippen LogP) is 2.82. The Bertz CT molecular complexity index is 1390. The quantitative estimate of drug-likeness (QED) is 0.227. The first-order valence-corrected chi connectivity index (χ1v) is 15.9. The third-order valence-corrected chi connectivity index (χ3v) is 9.50. The molecular weight excluding hydrogens is 548 g/mol. The zero-order valence-corrected chi connectivity index (χ0v) is 23.8. The van der Waals surface area contributed by atoms with Gasteiger partial charge in [0.25, 0.3) is 5.69 Å². The van der Waals surface area contributed by atoms with Crippen LogP contribution in [-0.4, -0.2) is 70.5 Å². The lowest BCUT2D eigenvalue weighted by Crippen LogP contribution is -2.50. The Morgan fingerprint density at radius 2 is 1.74 bits per heavy atom. The highest BCUT2D eigenvalue weighted by Crippen LogP contribution is 2.30. The molecule has 1 fully saturated rings. The lowest BCUT2D eigenvalue weighted by Gasteiger charge is -2.31. The Balaban J connectivity index is 1.63. The topological polar surface area (TPSA) is 156 Å². The van der Waals surface area contributed by atoms with Crippen molar-refractivity contribution in [1.29, 1.82) is 0 Å². The Labute approximate surface area is 229 Å². The van der Waals surface area contributed by atoms with Crippen molar-refractivity contribution in [3.63, 3.8) is 0 Å². The molecule has 1 aliphatic heterocycles. The predicted molar refractivity (Wildman–Crippen MR) is 147 cm³/mol. The molecule has 2 aromatic carbocycles. The first kappa shape index (κ1) is 30.3. The van der Waals surface area contributed by atoms with Crippen molar-refractivity contribution in [1.82, 2.24) is 9.62 Å². The summed E-state index contributed by atoms with van der Waals surface area (Å²) in [5.74, 6) is -0.167. The summed E-state index contributed by atoms with van der Waals surface area (Å²) in [6.07, 6.45) is 3.78. The van der Waals surface area contributed by atoms with E-state index in [4.69, 9.17) is 4.74 Å². The minimum atomic E-state index is -3.97. The van der Waals surface area contributed by atoms with Crippen molar-refractivity contribution in [3.8, 4) is 5.75 Å². The van der Waals surface area contributed by atoms with E-state index in [-0.39, 0.29) is 35.8 Å². The summed E-state index contributed by atoms with van der Waals surface area (Å²) in [5.41, 5.74) is 0.235. The molecule has 1 amide bonds. The van der Waals surface area contributed by atoms with Crippen LogP contribution in [0.25, 0.3) is 0 Å². The molecule has 12 nitrogen and oxygen atoms in total. The second kappa shape index (κ2) is 12.7. The van der Waals surface area contributed by atoms with Gasteiger partial charge < -0.3 is 10.1 Å². The monoisotopic (exact) mass is 582 g/mol. The van der Waals surface area contributed by atoms with Gasteiger partial charge in [0.15, 0.2) is 0 Å². The fraction of sp³-hybridized carbons (Fsp3) is 0.480. The number of piperidine rings is 1. The summed E-state index contributed by atoms with van der Waals surface area (Å²) >= 11 is 0. The molecular formula is C25H34N4O8S2. The number of sulfonamides is 2. The van der Waals surface area contributed by atoms with Gasteiger partial charge in [-0.25, -0.2) is 16.8 Å². The van der Waals surface area contributed by atoms with E-state index in [2.05, 4.69) is 5.32 Å². The van der Waals surface area contributed by atoms with Gasteiger partial charge in [-0.15, -0.1) is 0 Å². The van der Waals surface area contributed by atoms with Crippen LogP contribution in [0.15, 0.2) is 47.4 Å². The molecule has 2 aromatic rings. The molecule has 0 aliphatic carbocycles. The third-order valence-electron chi connectivity index (χ3n) is 6.42. The van der Waals surface area contributed by atoms with E-state index >= 15 is 0 Å². The number of non-ortho nitro benzene ring substituents is 1. The summed E-state index contributed by atoms with van der Waals surface area (Å²) in [6.45, 7) is 4.38. The summed E-state index contributed by atoms with van der Waals surface area (Å²) < 4.78 is 59.0. The minimum Gasteiger partial charge on any atom is -0.492 e. The first-order chi connectivity index (χ1) is 18.4. The van der Waals surface area contributed by atoms with E-state index in [9.17, 15) is 31.7 Å². The van der Waals surface area contributed by atoms with Gasteiger partial charge in [0.05, 0.1) is 28.3 Å². The van der Waals surface area contributed by atoms with Crippen molar-refractivity contribution in [2.24, 2.45) is 0 Å². The van der Waals surface area contributed by atoms with E-state index in [1.807, 2.05) is 0 Å². The molecule has 0 bridgehead atoms. The Morgan fingerprint density at radius 1 is 1.10 bits per heavy atom. The highest BCUT2D eigenvalue weighted by atomic mass is 32.2. The Kier molecular flexibility index (Phi) is 9.91. The highest BCUT2D eigenvalue weighted by Gasteiger charge is 2.33. The molecule has 1 N–H and O–H groups in total. The summed E-state index contributed by atoms with van der Waals surface area (Å²) in [5, 5.41) is 13.9. The lowest BCUT2D eigenvalue weighted by atomic mass is 10.1. The number of nitrogens with one attached hydrogen (secondary N) is 1. The van der Waals surface area contributed by atoms with Gasteiger partial charge in [0.1, 0.15) is 18.4 Å². The summed E-state index contributed by atoms with van der Waals surface area (Å²) in [4.78, 5) is 23.8. The number of anilines is 1. The molecule has 1 saturated heterocycles. The van der Waals surface area contributed by atoms with Gasteiger partial charge in [0, 0.05) is 25.2 Å². The molecule has 0 spiro atoms. The minimum absolute atomic E-state index is 0.0503. The van der Waals surface area contributed by atoms with Gasteiger partial charge in [-0.05, 0) is 56.0 Å². The van der Waals surface area contributed by atoms with Crippen molar-refractivity contribution in [3.05, 3.63) is 58.1 Å². The number of nitro benzene ring substituents is 1. The number of amides is 1. The molecule has 1 atom stereocenters. The lowest BCUT2D eigenvalue weighted by molar-refractivity contribution is -0.384. The third kappa shape index (κ3) is 7.46. The number of ether oxygens (including phenoxy) is 1. The van der Waals surface area contributed by atoms with Gasteiger partial charge >= 0.3 is 0 Å². The van der Waals surface area contributed by atoms with Crippen LogP contribution in [0.4, 0.5) is 11.4 Å². The standard InChI is InChI=1S/C25H34N4O8S2/c1-4-23(28(38(3,33)34)24-18-20(29(31)32)9-8-19(24)2)25(30)26-14-17-37-21-10-12-22(13-11-21)39(35,36)27-15-6-5-7-16-27/h8-13,18,23H,4-7,14-17H2,1-3H3,(H,26,30)/t23-/m1/s1. The van der Waals surface area contributed by atoms with E-state index in [1.165, 1.54) is 28.6 Å². The van der Waals surface area contributed by atoms with E-state index in [1.54, 1.807) is 26.0 Å². The number of carbonyl (C=O) groups excluding carboxylic acids is 1. The number of rotatable bonds is 12. The average molecular weight is 583 g/mol. The molecule has 1 heterocycles. The van der Waals surface area contributed by atoms with Crippen molar-refractivity contribution >= 4 is 37.3 Å². The molecule has 214 valence electrons. The largest absolute Gasteiger partial charge is 0.492 e. The maximum absolute atomic E-state index is 13.0. The SMILES string of the molecule is CC[C@H](C(=O)NCCOc1ccc(S(=O)(=O)N2CCCCC2)cc1)N(c1cc([N+](=O)[O-])ccc1C)S(C)(=O)=O. The maximum Gasteiger partial charge on any atom is 0.271 e. The van der Waals surface area contributed by atoms with Gasteiger partial charge in [-0.1, -0.05) is 19.4 Å². The number of aryl methyl sites for hydroxylation is 1. The molecule has 0 radical (unpaired) electrons. The molecule has 0 unspecified atom stereocenters. The fourth-order valence-corrected chi connectivity index (χ4v) is 7.19. The van der Waals surface area contributed by atoms with Crippen LogP contribution in [0.3, 0.4) is 0 Å². The van der Waals surface area contributed by atoms with Gasteiger partial charge in [-0.2, -0.15) is 4.31 Å². The molecule has 1 aliphatic rings. The molecule has 0 saturated carbocycles. The zero-order chi connectivity index (χ0) is 28.8. The Morgan fingerprint density at radius 3 is 2.31 bits per heavy atom. The van der Waals surface area contributed by atoms with Crippen LogP contribution in [0.5, 0.6) is 5.75 Å². The molecule has 0 aromatic heterocycles. The number of carbonyl (C=O) groups is 1. The molecule has 39 heavy (non-hydrogen) atoms. The van der Waals surface area contributed by atoms with E-state index < -0.39 is 36.9 Å². The maximum atomic E-state index is 13.0. The number of hydrogen-bond acceptors (Lipinski definition) is 8. The zero-order valence-electron chi connectivity index (χ0n) is 22.2. The number of benzene rings is 2. The molecule has 3 rings (SSSR count). The van der Waals surface area contributed by atoms with Crippen molar-refractivity contribution in [2.75, 3.05) is 36.8 Å². The van der Waals surface area contributed by atoms with Crippen molar-refractivity contribution in [2.45, 2.75) is 50.5 Å². The second-order valence-electron chi connectivity index (χ2n) is 9.29. The van der Waals surface area contributed by atoms with Gasteiger partial charge in [0.2, 0.25) is 26.0 Å². The normalized spacial score (nSPS) is 15.4. The van der Waals surface area contributed by atoms with Crippen LogP contribution in [0.2, 0.25) is 0 Å². The number of nitro groups is 1. The van der Waals surface area contributed by atoms with Crippen molar-refractivity contribution < 1.29 is 31.3 Å². The highest BCUT2D eigenvalue weighted by molar-refractivity contribution is 7.92. The van der Waals surface area contributed by atoms with Crippen LogP contribution < -0.4 is 14.4 Å². The Hall–Kier alpha value is -3.23. The van der Waals surface area contributed by atoms with Gasteiger partial charge in [-0.3, -0.25) is 19.2 Å². The number of hydrogen-bond donors (Lipinski definition) is 1.